The second-order valence-electron chi connectivity index (χ2n) is 5.55. The molecule has 0 amide bonds. The van der Waals surface area contributed by atoms with Gasteiger partial charge in [-0.05, 0) is 6.92 Å². The first kappa shape index (κ1) is 15.8. The van der Waals surface area contributed by atoms with Gasteiger partial charge in [0.05, 0.1) is 0 Å². The Bertz CT molecular complexity index is 458. The number of nitrogens with one attached hydrogen (secondary N) is 2. The second kappa shape index (κ2) is 6.29. The third kappa shape index (κ3) is 4.76. The minimum Gasteiger partial charge on any atom is -0.369 e. The van der Waals surface area contributed by atoms with E-state index in [4.69, 9.17) is 5.84 Å². The highest BCUT2D eigenvalue weighted by atomic mass is 32.2. The lowest BCUT2D eigenvalue weighted by molar-refractivity contribution is 0.546. The van der Waals surface area contributed by atoms with E-state index in [0.29, 0.717) is 24.0 Å². The van der Waals surface area contributed by atoms with E-state index in [2.05, 4.69) is 20.7 Å². The summed E-state index contributed by atoms with van der Waals surface area (Å²) in [7, 11) is -0.860. The molecule has 0 bridgehead atoms. The lowest BCUT2D eigenvalue weighted by Crippen LogP contribution is -2.23. The molecule has 4 N–H and O–H groups in total. The number of hydrogen-bond acceptors (Lipinski definition) is 6. The first-order valence-corrected chi connectivity index (χ1v) is 7.78. The van der Waals surface area contributed by atoms with Gasteiger partial charge in [-0.1, -0.05) is 20.8 Å². The Morgan fingerprint density at radius 2 is 1.95 bits per heavy atom. The van der Waals surface area contributed by atoms with Crippen molar-refractivity contribution in [2.75, 3.05) is 23.5 Å². The van der Waals surface area contributed by atoms with Gasteiger partial charge in [-0.3, -0.25) is 4.21 Å². The number of aromatic nitrogens is 2. The fraction of sp³-hybridized carbons (Fsp3) is 0.667. The maximum Gasteiger partial charge on any atom is 0.145 e. The molecular formula is C12H23N5OS. The van der Waals surface area contributed by atoms with Gasteiger partial charge in [-0.2, -0.15) is 0 Å². The molecule has 108 valence electrons. The quantitative estimate of drug-likeness (QED) is 0.557. The van der Waals surface area contributed by atoms with Crippen molar-refractivity contribution >= 4 is 22.4 Å². The predicted molar refractivity (Wildman–Crippen MR) is 80.6 cm³/mol. The van der Waals surface area contributed by atoms with Gasteiger partial charge in [-0.25, -0.2) is 15.8 Å². The van der Waals surface area contributed by atoms with Crippen LogP contribution >= 0.6 is 0 Å². The van der Waals surface area contributed by atoms with Crippen LogP contribution in [0.2, 0.25) is 0 Å². The van der Waals surface area contributed by atoms with Crippen LogP contribution in [0.5, 0.6) is 0 Å². The first-order valence-electron chi connectivity index (χ1n) is 6.16. The van der Waals surface area contributed by atoms with Gasteiger partial charge in [0.1, 0.15) is 17.5 Å². The first-order chi connectivity index (χ1) is 8.74. The minimum absolute atomic E-state index is 0.0577. The van der Waals surface area contributed by atoms with Crippen LogP contribution in [-0.4, -0.2) is 32.2 Å². The predicted octanol–water partition coefficient (Wildman–Crippen LogP) is 1.24. The van der Waals surface area contributed by atoms with Crippen LogP contribution in [-0.2, 0) is 16.2 Å². The number of rotatable bonds is 5. The summed E-state index contributed by atoms with van der Waals surface area (Å²) in [4.78, 5) is 8.81. The molecule has 7 heteroatoms. The van der Waals surface area contributed by atoms with E-state index in [-0.39, 0.29) is 10.7 Å². The molecule has 0 aliphatic rings. The molecule has 0 fully saturated rings. The van der Waals surface area contributed by atoms with Crippen LogP contribution in [0.25, 0.3) is 0 Å². The number of hydrogen-bond donors (Lipinski definition) is 3. The van der Waals surface area contributed by atoms with Crippen LogP contribution in [0, 0.1) is 0 Å². The molecule has 6 nitrogen and oxygen atoms in total. The number of nitrogen functional groups attached to an aromatic ring is 1. The fourth-order valence-corrected chi connectivity index (χ4v) is 1.63. The van der Waals surface area contributed by atoms with Crippen LogP contribution in [0.15, 0.2) is 6.07 Å². The topological polar surface area (TPSA) is 92.9 Å². The molecule has 0 aromatic carbocycles. The number of nitrogens with zero attached hydrogens (tertiary/aromatic N) is 2. The van der Waals surface area contributed by atoms with E-state index in [1.54, 1.807) is 12.3 Å². The van der Waals surface area contributed by atoms with Gasteiger partial charge < -0.3 is 10.7 Å². The molecule has 0 aliphatic heterocycles. The van der Waals surface area contributed by atoms with E-state index in [0.717, 1.165) is 0 Å². The average Bonchev–Trinajstić information content (AvgIpc) is 2.34. The lowest BCUT2D eigenvalue weighted by atomic mass is 9.96. The Morgan fingerprint density at radius 3 is 2.42 bits per heavy atom. The van der Waals surface area contributed by atoms with Crippen molar-refractivity contribution in [1.29, 1.82) is 0 Å². The molecule has 1 rings (SSSR count). The Labute approximate surface area is 117 Å². The Balaban J connectivity index is 2.92. The summed E-state index contributed by atoms with van der Waals surface area (Å²) >= 11 is 0. The summed E-state index contributed by atoms with van der Waals surface area (Å²) < 4.78 is 11.3. The summed E-state index contributed by atoms with van der Waals surface area (Å²) in [5.74, 6) is 7.37. The zero-order valence-electron chi connectivity index (χ0n) is 12.2. The molecular weight excluding hydrogens is 262 g/mol. The fourth-order valence-electron chi connectivity index (χ4n) is 1.31. The molecule has 1 heterocycles. The zero-order valence-corrected chi connectivity index (χ0v) is 13.0. The molecule has 2 atom stereocenters. The Hall–Kier alpha value is -1.21. The highest BCUT2D eigenvalue weighted by molar-refractivity contribution is 7.84. The molecule has 1 aromatic rings. The number of nitrogens with two attached hydrogens (primary N) is 1. The van der Waals surface area contributed by atoms with Crippen molar-refractivity contribution in [2.24, 2.45) is 5.84 Å². The van der Waals surface area contributed by atoms with E-state index in [1.807, 2.05) is 27.7 Å². The van der Waals surface area contributed by atoms with Crippen molar-refractivity contribution in [2.45, 2.75) is 38.4 Å². The molecule has 0 aliphatic carbocycles. The summed E-state index contributed by atoms with van der Waals surface area (Å²) in [5, 5.41) is 3.23. The summed E-state index contributed by atoms with van der Waals surface area (Å²) in [6.07, 6.45) is 1.69. The SMILES string of the molecule is CC(CNc1cc(NN)nc(C(C)(C)C)n1)S(C)=O. The smallest absolute Gasteiger partial charge is 0.145 e. The van der Waals surface area contributed by atoms with Gasteiger partial charge in [0.15, 0.2) is 0 Å². The second-order valence-corrected chi connectivity index (χ2v) is 7.35. The standard InChI is InChI=1S/C12H23N5OS/c1-8(19(5)18)7-14-9-6-10(17-13)16-11(15-9)12(2,3)4/h6,8H,7,13H2,1-5H3,(H2,14,15,16,17). The van der Waals surface area contributed by atoms with Crippen LogP contribution in [0.1, 0.15) is 33.5 Å². The third-order valence-electron chi connectivity index (χ3n) is 2.68. The molecule has 0 saturated heterocycles. The third-order valence-corrected chi connectivity index (χ3v) is 3.98. The normalized spacial score (nSPS) is 14.8. The highest BCUT2D eigenvalue weighted by Gasteiger charge is 2.19. The monoisotopic (exact) mass is 285 g/mol. The van der Waals surface area contributed by atoms with Gasteiger partial charge in [0, 0.05) is 40.3 Å². The van der Waals surface area contributed by atoms with Crippen LogP contribution in [0.3, 0.4) is 0 Å². The molecule has 0 radical (unpaired) electrons. The maximum atomic E-state index is 11.3. The van der Waals surface area contributed by atoms with Crippen molar-refractivity contribution in [3.63, 3.8) is 0 Å². The molecule has 2 unspecified atom stereocenters. The lowest BCUT2D eigenvalue weighted by Gasteiger charge is -2.19. The minimum atomic E-state index is -0.860. The summed E-state index contributed by atoms with van der Waals surface area (Å²) in [5.41, 5.74) is 2.37. The van der Waals surface area contributed by atoms with Gasteiger partial charge >= 0.3 is 0 Å². The summed E-state index contributed by atoms with van der Waals surface area (Å²) in [6, 6.07) is 1.74. The molecule has 1 aromatic heterocycles. The maximum absolute atomic E-state index is 11.3. The van der Waals surface area contributed by atoms with E-state index in [1.165, 1.54) is 0 Å². The van der Waals surface area contributed by atoms with Crippen molar-refractivity contribution < 1.29 is 4.21 Å². The Morgan fingerprint density at radius 1 is 1.37 bits per heavy atom. The molecule has 19 heavy (non-hydrogen) atoms. The van der Waals surface area contributed by atoms with Gasteiger partial charge in [-0.15, -0.1) is 0 Å². The average molecular weight is 285 g/mol. The van der Waals surface area contributed by atoms with Crippen molar-refractivity contribution in [1.82, 2.24) is 9.97 Å². The van der Waals surface area contributed by atoms with Crippen LogP contribution < -0.4 is 16.6 Å². The van der Waals surface area contributed by atoms with Crippen molar-refractivity contribution in [3.05, 3.63) is 11.9 Å². The van der Waals surface area contributed by atoms with E-state index >= 15 is 0 Å². The Kier molecular flexibility index (Phi) is 5.25. The van der Waals surface area contributed by atoms with Crippen LogP contribution in [0.4, 0.5) is 11.6 Å². The number of anilines is 2. The van der Waals surface area contributed by atoms with Gasteiger partial charge in [0.25, 0.3) is 0 Å². The molecule has 0 saturated carbocycles. The van der Waals surface area contributed by atoms with Crippen molar-refractivity contribution in [3.8, 4) is 0 Å². The number of hydrazine groups is 1. The summed E-state index contributed by atoms with van der Waals surface area (Å²) in [6.45, 7) is 8.63. The van der Waals surface area contributed by atoms with Gasteiger partial charge in [0.2, 0.25) is 0 Å². The molecule has 0 spiro atoms. The van der Waals surface area contributed by atoms with E-state index in [9.17, 15) is 4.21 Å². The zero-order chi connectivity index (χ0) is 14.6. The largest absolute Gasteiger partial charge is 0.369 e. The highest BCUT2D eigenvalue weighted by Crippen LogP contribution is 2.21. The van der Waals surface area contributed by atoms with E-state index < -0.39 is 10.8 Å².